The molecule has 1 N–H and O–H groups in total. The number of halogens is 1. The fourth-order valence-corrected chi connectivity index (χ4v) is 3.60. The van der Waals surface area contributed by atoms with E-state index in [0.717, 1.165) is 29.1 Å². The number of thiophene rings is 1. The van der Waals surface area contributed by atoms with E-state index in [1.165, 1.54) is 12.8 Å². The molecule has 0 aliphatic carbocycles. The number of hydrogen-bond donors (Lipinski definition) is 1. The van der Waals surface area contributed by atoms with Crippen LogP contribution in [0, 0.1) is 0 Å². The first kappa shape index (κ1) is 18.7. The average molecular weight is 388 g/mol. The molecule has 26 heavy (non-hydrogen) atoms. The number of nitrogens with one attached hydrogen (secondary N) is 1. The molecule has 4 nitrogen and oxygen atoms in total. The van der Waals surface area contributed by atoms with Crippen LogP contribution in [0.4, 0.5) is 0 Å². The fraction of sp³-hybridized carbons (Fsp3) is 0.300. The molecule has 0 saturated carbocycles. The smallest absolute Gasteiger partial charge is 0.270 e. The third-order valence-electron chi connectivity index (χ3n) is 4.08. The second-order valence-electron chi connectivity index (χ2n) is 6.10. The van der Waals surface area contributed by atoms with Crippen LogP contribution < -0.4 is 5.32 Å². The van der Waals surface area contributed by atoms with E-state index in [-0.39, 0.29) is 5.91 Å². The predicted octanol–water partition coefficient (Wildman–Crippen LogP) is 5.56. The normalized spacial score (nSPS) is 10.8. The van der Waals surface area contributed by atoms with Crippen LogP contribution in [-0.2, 0) is 0 Å². The molecule has 0 aliphatic rings. The van der Waals surface area contributed by atoms with Gasteiger partial charge in [-0.15, -0.1) is 11.3 Å². The van der Waals surface area contributed by atoms with E-state index in [1.807, 2.05) is 47.8 Å². The van der Waals surface area contributed by atoms with Crippen molar-refractivity contribution < 1.29 is 4.79 Å². The molecule has 3 rings (SSSR count). The van der Waals surface area contributed by atoms with E-state index in [9.17, 15) is 4.79 Å². The van der Waals surface area contributed by atoms with Crippen molar-refractivity contribution in [3.05, 3.63) is 58.6 Å². The van der Waals surface area contributed by atoms with Crippen molar-refractivity contribution >= 4 is 28.8 Å². The van der Waals surface area contributed by atoms with Crippen LogP contribution in [0.5, 0.6) is 0 Å². The van der Waals surface area contributed by atoms with Crippen molar-refractivity contribution in [1.29, 1.82) is 0 Å². The Balaban J connectivity index is 1.86. The molecule has 0 saturated heterocycles. The summed E-state index contributed by atoms with van der Waals surface area (Å²) in [5.74, 6) is -0.114. The van der Waals surface area contributed by atoms with Crippen molar-refractivity contribution in [1.82, 2.24) is 15.1 Å². The number of aromatic nitrogens is 2. The standard InChI is InChI=1S/C20H22ClN3OS/c1-2-3-4-5-11-22-20(25)18-14-17(19-10-7-12-26-19)23-24(18)16-9-6-8-15(21)13-16/h6-10,12-14H,2-5,11H2,1H3,(H,22,25). The van der Waals surface area contributed by atoms with Gasteiger partial charge in [-0.05, 0) is 42.1 Å². The molecule has 6 heteroatoms. The molecule has 0 aliphatic heterocycles. The van der Waals surface area contributed by atoms with E-state index >= 15 is 0 Å². The maximum absolute atomic E-state index is 12.7. The molecule has 2 heterocycles. The highest BCUT2D eigenvalue weighted by Gasteiger charge is 2.18. The van der Waals surface area contributed by atoms with Crippen molar-refractivity contribution in [3.63, 3.8) is 0 Å². The molecule has 0 fully saturated rings. The van der Waals surface area contributed by atoms with E-state index in [1.54, 1.807) is 16.0 Å². The summed E-state index contributed by atoms with van der Waals surface area (Å²) in [6, 6.07) is 13.2. The topological polar surface area (TPSA) is 46.9 Å². The van der Waals surface area contributed by atoms with E-state index in [2.05, 4.69) is 17.3 Å². The zero-order valence-corrected chi connectivity index (χ0v) is 16.3. The van der Waals surface area contributed by atoms with Gasteiger partial charge in [0.15, 0.2) is 0 Å². The Hall–Kier alpha value is -2.11. The van der Waals surface area contributed by atoms with Gasteiger partial charge in [0.25, 0.3) is 5.91 Å². The molecular weight excluding hydrogens is 366 g/mol. The Morgan fingerprint density at radius 2 is 2.08 bits per heavy atom. The molecule has 0 unspecified atom stereocenters. The minimum atomic E-state index is -0.114. The number of carbonyl (C=O) groups is 1. The number of benzene rings is 1. The van der Waals surface area contributed by atoms with Crippen LogP contribution in [0.3, 0.4) is 0 Å². The molecule has 0 spiro atoms. The number of nitrogens with zero attached hydrogens (tertiary/aromatic N) is 2. The lowest BCUT2D eigenvalue weighted by atomic mass is 10.2. The Kier molecular flexibility index (Phi) is 6.47. The summed E-state index contributed by atoms with van der Waals surface area (Å²) in [6.07, 6.45) is 4.49. The lowest BCUT2D eigenvalue weighted by molar-refractivity contribution is 0.0945. The number of amides is 1. The summed E-state index contributed by atoms with van der Waals surface area (Å²) in [6.45, 7) is 2.85. The summed E-state index contributed by atoms with van der Waals surface area (Å²) < 4.78 is 1.67. The lowest BCUT2D eigenvalue weighted by Crippen LogP contribution is -2.26. The average Bonchev–Trinajstić information content (AvgIpc) is 3.31. The SMILES string of the molecule is CCCCCCNC(=O)c1cc(-c2cccs2)nn1-c1cccc(Cl)c1. The number of rotatable bonds is 8. The number of carbonyl (C=O) groups excluding carboxylic acids is 1. The summed E-state index contributed by atoms with van der Waals surface area (Å²) in [5, 5.41) is 10.3. The van der Waals surface area contributed by atoms with Gasteiger partial charge in [-0.25, -0.2) is 4.68 Å². The molecule has 0 atom stereocenters. The second kappa shape index (κ2) is 9.01. The molecule has 0 bridgehead atoms. The van der Waals surface area contributed by atoms with Gasteiger partial charge in [-0.2, -0.15) is 5.10 Å². The van der Waals surface area contributed by atoms with Crippen LogP contribution in [0.2, 0.25) is 5.02 Å². The van der Waals surface area contributed by atoms with Gasteiger partial charge in [0.05, 0.1) is 10.6 Å². The Morgan fingerprint density at radius 1 is 1.19 bits per heavy atom. The lowest BCUT2D eigenvalue weighted by Gasteiger charge is -2.08. The minimum Gasteiger partial charge on any atom is -0.351 e. The van der Waals surface area contributed by atoms with Gasteiger partial charge in [-0.3, -0.25) is 4.79 Å². The molecule has 1 aromatic carbocycles. The van der Waals surface area contributed by atoms with Crippen LogP contribution in [0.1, 0.15) is 43.1 Å². The summed E-state index contributed by atoms with van der Waals surface area (Å²) >= 11 is 7.73. The van der Waals surface area contributed by atoms with Gasteiger partial charge in [-0.1, -0.05) is 49.9 Å². The summed E-state index contributed by atoms with van der Waals surface area (Å²) in [7, 11) is 0. The van der Waals surface area contributed by atoms with Crippen molar-refractivity contribution in [2.45, 2.75) is 32.6 Å². The van der Waals surface area contributed by atoms with Crippen molar-refractivity contribution in [2.75, 3.05) is 6.54 Å². The molecule has 0 radical (unpaired) electrons. The van der Waals surface area contributed by atoms with Gasteiger partial charge in [0.2, 0.25) is 0 Å². The van der Waals surface area contributed by atoms with E-state index in [4.69, 9.17) is 11.6 Å². The quantitative estimate of drug-likeness (QED) is 0.514. The highest BCUT2D eigenvalue weighted by molar-refractivity contribution is 7.13. The highest BCUT2D eigenvalue weighted by atomic mass is 35.5. The number of hydrogen-bond acceptors (Lipinski definition) is 3. The highest BCUT2D eigenvalue weighted by Crippen LogP contribution is 2.26. The molecule has 3 aromatic rings. The molecular formula is C20H22ClN3OS. The van der Waals surface area contributed by atoms with Gasteiger partial charge >= 0.3 is 0 Å². The third kappa shape index (κ3) is 4.54. The molecule has 136 valence electrons. The Bertz CT molecular complexity index is 858. The van der Waals surface area contributed by atoms with E-state index in [0.29, 0.717) is 17.3 Å². The third-order valence-corrected chi connectivity index (χ3v) is 5.21. The number of unbranched alkanes of at least 4 members (excludes halogenated alkanes) is 3. The van der Waals surface area contributed by atoms with Crippen LogP contribution >= 0.6 is 22.9 Å². The maximum Gasteiger partial charge on any atom is 0.270 e. The Morgan fingerprint density at radius 3 is 2.81 bits per heavy atom. The van der Waals surface area contributed by atoms with Gasteiger partial charge < -0.3 is 5.32 Å². The zero-order chi connectivity index (χ0) is 18.4. The van der Waals surface area contributed by atoms with Crippen molar-refractivity contribution in [3.8, 4) is 16.3 Å². The van der Waals surface area contributed by atoms with Crippen LogP contribution in [-0.4, -0.2) is 22.2 Å². The molecule has 1 amide bonds. The second-order valence-corrected chi connectivity index (χ2v) is 7.48. The first-order chi connectivity index (χ1) is 12.7. The van der Waals surface area contributed by atoms with Crippen molar-refractivity contribution in [2.24, 2.45) is 0 Å². The first-order valence-electron chi connectivity index (χ1n) is 8.87. The zero-order valence-electron chi connectivity index (χ0n) is 14.7. The fourth-order valence-electron chi connectivity index (χ4n) is 2.74. The van der Waals surface area contributed by atoms with Crippen LogP contribution in [0.15, 0.2) is 47.8 Å². The first-order valence-corrected chi connectivity index (χ1v) is 10.1. The van der Waals surface area contributed by atoms with Gasteiger partial charge in [0, 0.05) is 11.6 Å². The minimum absolute atomic E-state index is 0.114. The monoisotopic (exact) mass is 387 g/mol. The summed E-state index contributed by atoms with van der Waals surface area (Å²) in [4.78, 5) is 13.8. The van der Waals surface area contributed by atoms with Gasteiger partial charge in [0.1, 0.15) is 11.4 Å². The predicted molar refractivity (Wildman–Crippen MR) is 108 cm³/mol. The summed E-state index contributed by atoms with van der Waals surface area (Å²) in [5.41, 5.74) is 2.08. The molecule has 2 aromatic heterocycles. The van der Waals surface area contributed by atoms with E-state index < -0.39 is 0 Å². The maximum atomic E-state index is 12.7. The largest absolute Gasteiger partial charge is 0.351 e. The Labute approximate surface area is 162 Å². The van der Waals surface area contributed by atoms with Crippen LogP contribution in [0.25, 0.3) is 16.3 Å².